The van der Waals surface area contributed by atoms with Gasteiger partial charge in [-0.1, -0.05) is 26.8 Å². The molecule has 4 rings (SSSR count). The molecule has 3 amide bonds. The van der Waals surface area contributed by atoms with Crippen molar-refractivity contribution in [2.45, 2.75) is 39.2 Å². The van der Waals surface area contributed by atoms with E-state index in [1.165, 1.54) is 36.1 Å². The van der Waals surface area contributed by atoms with Gasteiger partial charge in [-0.3, -0.25) is 29.4 Å². The molecule has 1 aliphatic heterocycles. The number of rotatable bonds is 5. The second-order valence-electron chi connectivity index (χ2n) is 8.73. The maximum atomic E-state index is 13.1. The maximum absolute atomic E-state index is 13.1. The molecule has 1 atom stereocenters. The van der Waals surface area contributed by atoms with Gasteiger partial charge in [0, 0.05) is 29.9 Å². The summed E-state index contributed by atoms with van der Waals surface area (Å²) >= 11 is 0. The van der Waals surface area contributed by atoms with Gasteiger partial charge < -0.3 is 5.32 Å². The average molecular weight is 463 g/mol. The van der Waals surface area contributed by atoms with E-state index in [2.05, 4.69) is 20.4 Å². The van der Waals surface area contributed by atoms with E-state index in [4.69, 9.17) is 0 Å². The Balaban J connectivity index is 1.66. The normalized spacial score (nSPS) is 14.2. The number of nitro groups is 1. The summed E-state index contributed by atoms with van der Waals surface area (Å²) in [6, 6.07) is 5.83. The first-order valence-electron chi connectivity index (χ1n) is 10.3. The molecule has 3 heterocycles. The quantitative estimate of drug-likeness (QED) is 0.344. The van der Waals surface area contributed by atoms with E-state index >= 15 is 0 Å². The van der Waals surface area contributed by atoms with E-state index < -0.39 is 34.4 Å². The summed E-state index contributed by atoms with van der Waals surface area (Å²) in [5.74, 6) is -1.89. The zero-order chi connectivity index (χ0) is 24.8. The molecule has 0 fully saturated rings. The minimum Gasteiger partial charge on any atom is -0.309 e. The Morgan fingerprint density at radius 2 is 1.79 bits per heavy atom. The number of amides is 3. The molecule has 1 aromatic carbocycles. The molecule has 1 unspecified atom stereocenters. The molecule has 1 N–H and O–H groups in total. The van der Waals surface area contributed by atoms with Crippen LogP contribution >= 0.6 is 0 Å². The fourth-order valence-corrected chi connectivity index (χ4v) is 3.53. The third-order valence-corrected chi connectivity index (χ3v) is 5.36. The van der Waals surface area contributed by atoms with Crippen molar-refractivity contribution in [2.75, 3.05) is 5.32 Å². The summed E-state index contributed by atoms with van der Waals surface area (Å²) in [6.07, 6.45) is 3.06. The molecule has 12 nitrogen and oxygen atoms in total. The van der Waals surface area contributed by atoms with Gasteiger partial charge >= 0.3 is 0 Å². The number of anilines is 1. The van der Waals surface area contributed by atoms with Crippen LogP contribution < -0.4 is 5.32 Å². The molecule has 0 radical (unpaired) electrons. The van der Waals surface area contributed by atoms with Gasteiger partial charge in [0.1, 0.15) is 17.4 Å². The topological polar surface area (TPSA) is 153 Å². The highest BCUT2D eigenvalue weighted by Crippen LogP contribution is 2.32. The number of nitro benzene ring substituents is 1. The van der Waals surface area contributed by atoms with Crippen LogP contribution in [0, 0.1) is 10.1 Å². The lowest BCUT2D eigenvalue weighted by Crippen LogP contribution is -2.45. The number of carbonyl (C=O) groups excluding carboxylic acids is 3. The van der Waals surface area contributed by atoms with Crippen LogP contribution in [0.1, 0.15) is 54.1 Å². The van der Waals surface area contributed by atoms with Gasteiger partial charge in [0.25, 0.3) is 23.5 Å². The van der Waals surface area contributed by atoms with Crippen LogP contribution in [0.4, 0.5) is 11.5 Å². The highest BCUT2D eigenvalue weighted by atomic mass is 16.6. The van der Waals surface area contributed by atoms with Crippen molar-refractivity contribution in [1.82, 2.24) is 24.6 Å². The zero-order valence-corrected chi connectivity index (χ0v) is 18.8. The predicted molar refractivity (Wildman–Crippen MR) is 120 cm³/mol. The molecule has 174 valence electrons. The van der Waals surface area contributed by atoms with Crippen LogP contribution in [0.2, 0.25) is 0 Å². The summed E-state index contributed by atoms with van der Waals surface area (Å²) in [6.45, 7) is 7.22. The minimum absolute atomic E-state index is 0.114. The Morgan fingerprint density at radius 1 is 1.12 bits per heavy atom. The average Bonchev–Trinajstić information content (AvgIpc) is 3.33. The third kappa shape index (κ3) is 3.78. The number of benzene rings is 1. The largest absolute Gasteiger partial charge is 0.309 e. The van der Waals surface area contributed by atoms with E-state index in [-0.39, 0.29) is 28.3 Å². The van der Waals surface area contributed by atoms with Gasteiger partial charge in [0.15, 0.2) is 0 Å². The lowest BCUT2D eigenvalue weighted by atomic mass is 9.92. The number of fused-ring (bicyclic) bond motifs is 1. The molecular formula is C22H21N7O5. The fourth-order valence-electron chi connectivity index (χ4n) is 3.53. The van der Waals surface area contributed by atoms with Gasteiger partial charge in [-0.05, 0) is 19.1 Å². The number of carbonyl (C=O) groups is 3. The van der Waals surface area contributed by atoms with Crippen molar-refractivity contribution < 1.29 is 19.3 Å². The van der Waals surface area contributed by atoms with Crippen LogP contribution in [0.25, 0.3) is 5.95 Å². The Morgan fingerprint density at radius 3 is 2.41 bits per heavy atom. The summed E-state index contributed by atoms with van der Waals surface area (Å²) in [7, 11) is 0. The highest BCUT2D eigenvalue weighted by Gasteiger charge is 2.45. The molecule has 2 aromatic heterocycles. The molecule has 0 bridgehead atoms. The Kier molecular flexibility index (Phi) is 5.43. The number of hydrogen-bond acceptors (Lipinski definition) is 8. The van der Waals surface area contributed by atoms with Crippen molar-refractivity contribution in [3.05, 3.63) is 69.7 Å². The van der Waals surface area contributed by atoms with Gasteiger partial charge in [-0.15, -0.1) is 0 Å². The van der Waals surface area contributed by atoms with E-state index in [1.807, 2.05) is 20.8 Å². The number of imide groups is 1. The first-order valence-corrected chi connectivity index (χ1v) is 10.3. The van der Waals surface area contributed by atoms with E-state index in [0.717, 1.165) is 11.0 Å². The monoisotopic (exact) mass is 463 g/mol. The molecule has 34 heavy (non-hydrogen) atoms. The van der Waals surface area contributed by atoms with Gasteiger partial charge in [0.05, 0.1) is 16.2 Å². The summed E-state index contributed by atoms with van der Waals surface area (Å²) in [4.78, 5) is 58.6. The number of nitrogens with one attached hydrogen (secondary N) is 1. The minimum atomic E-state index is -1.26. The second-order valence-corrected chi connectivity index (χ2v) is 8.73. The Bertz CT molecular complexity index is 1330. The van der Waals surface area contributed by atoms with Gasteiger partial charge in [-0.2, -0.15) is 9.78 Å². The number of hydrogen-bond donors (Lipinski definition) is 1. The maximum Gasteiger partial charge on any atom is 0.282 e. The van der Waals surface area contributed by atoms with Crippen molar-refractivity contribution in [3.63, 3.8) is 0 Å². The zero-order valence-electron chi connectivity index (χ0n) is 18.8. The molecule has 1 aliphatic rings. The van der Waals surface area contributed by atoms with Crippen LogP contribution in [0.5, 0.6) is 0 Å². The van der Waals surface area contributed by atoms with Crippen molar-refractivity contribution in [1.29, 1.82) is 0 Å². The molecule has 0 saturated carbocycles. The molecule has 12 heteroatoms. The third-order valence-electron chi connectivity index (χ3n) is 5.36. The number of nitrogens with zero attached hydrogens (tertiary/aromatic N) is 6. The van der Waals surface area contributed by atoms with E-state index in [0.29, 0.717) is 5.69 Å². The Hall–Kier alpha value is -4.48. The van der Waals surface area contributed by atoms with Crippen LogP contribution in [-0.2, 0) is 10.2 Å². The van der Waals surface area contributed by atoms with E-state index in [1.54, 1.807) is 12.1 Å². The molecule has 0 saturated heterocycles. The first-order chi connectivity index (χ1) is 16.0. The fraction of sp³-hybridized carbons (Fsp3) is 0.273. The SMILES string of the molecule is CC(C(=O)Nc1cc(C(C)(C)C)nn1-c1ncccn1)N1C(=O)c2cccc([N+](=O)[O-])c2C1=O. The summed E-state index contributed by atoms with van der Waals surface area (Å²) in [5.41, 5.74) is -0.627. The smallest absolute Gasteiger partial charge is 0.282 e. The van der Waals surface area contributed by atoms with Crippen molar-refractivity contribution in [3.8, 4) is 5.95 Å². The molecule has 0 aliphatic carbocycles. The lowest BCUT2D eigenvalue weighted by molar-refractivity contribution is -0.385. The first kappa shape index (κ1) is 22.7. The van der Waals surface area contributed by atoms with Gasteiger partial charge in [0.2, 0.25) is 5.91 Å². The standard InChI is InChI=1S/C22H21N7O5/c1-12(27-19(31)13-7-5-8-14(29(33)34)17(13)20(27)32)18(30)25-16-11-15(22(2,3)4)26-28(16)21-23-9-6-10-24-21/h5-12H,1-4H3,(H,25,30). The van der Waals surface area contributed by atoms with Crippen molar-refractivity contribution in [2.24, 2.45) is 0 Å². The predicted octanol–water partition coefficient (Wildman–Crippen LogP) is 2.49. The molecular weight excluding hydrogens is 442 g/mol. The molecule has 0 spiro atoms. The molecule has 3 aromatic rings. The second kappa shape index (κ2) is 8.14. The Labute approximate surface area is 193 Å². The number of aromatic nitrogens is 4. The van der Waals surface area contributed by atoms with Crippen LogP contribution in [-0.4, -0.2) is 53.3 Å². The highest BCUT2D eigenvalue weighted by molar-refractivity contribution is 6.24. The summed E-state index contributed by atoms with van der Waals surface area (Å²) in [5, 5.41) is 18.5. The lowest BCUT2D eigenvalue weighted by Gasteiger charge is -2.21. The van der Waals surface area contributed by atoms with Gasteiger partial charge in [-0.25, -0.2) is 9.97 Å². The van der Waals surface area contributed by atoms with Crippen LogP contribution in [0.15, 0.2) is 42.7 Å². The van der Waals surface area contributed by atoms with Crippen LogP contribution in [0.3, 0.4) is 0 Å². The summed E-state index contributed by atoms with van der Waals surface area (Å²) < 4.78 is 1.36. The van der Waals surface area contributed by atoms with E-state index in [9.17, 15) is 24.5 Å². The van der Waals surface area contributed by atoms with Crippen molar-refractivity contribution >= 4 is 29.2 Å².